The summed E-state index contributed by atoms with van der Waals surface area (Å²) in [5, 5.41) is 3.48. The van der Waals surface area contributed by atoms with Crippen molar-refractivity contribution in [2.75, 3.05) is 13.1 Å². The Labute approximate surface area is 153 Å². The molecular weight excluding hydrogens is 292 g/mol. The van der Waals surface area contributed by atoms with Gasteiger partial charge in [-0.05, 0) is 58.5 Å². The Bertz CT molecular complexity index is 248. The van der Waals surface area contributed by atoms with Crippen LogP contribution in [0.2, 0.25) is 0 Å². The number of nitrogens with two attached hydrogens (primary N) is 1. The van der Waals surface area contributed by atoms with Crippen LogP contribution in [0.3, 0.4) is 0 Å². The Morgan fingerprint density at radius 2 is 1.21 bits per heavy atom. The van der Waals surface area contributed by atoms with Crippen LogP contribution in [-0.2, 0) is 0 Å². The molecule has 0 rings (SSSR count). The first-order valence-electron chi connectivity index (χ1n) is 10.9. The summed E-state index contributed by atoms with van der Waals surface area (Å²) in [6, 6.07) is 0.331. The molecule has 1 atom stereocenters. The number of hydrogen-bond donors (Lipinski definition) is 2. The molecule has 0 aliphatic carbocycles. The second-order valence-electron chi connectivity index (χ2n) is 7.45. The fraction of sp³-hybridized carbons (Fsp3) is 0.909. The van der Waals surface area contributed by atoms with E-state index in [1.54, 1.807) is 0 Å². The quantitative estimate of drug-likeness (QED) is 0.213. The fourth-order valence-electron chi connectivity index (χ4n) is 2.95. The average molecular weight is 339 g/mol. The van der Waals surface area contributed by atoms with Crippen LogP contribution in [-0.4, -0.2) is 19.1 Å². The third kappa shape index (κ3) is 21.7. The van der Waals surface area contributed by atoms with Gasteiger partial charge in [-0.3, -0.25) is 0 Å². The monoisotopic (exact) mass is 338 g/mol. The maximum Gasteiger partial charge on any atom is 0.00225 e. The molecule has 0 aliphatic heterocycles. The summed E-state index contributed by atoms with van der Waals surface area (Å²) in [5.41, 5.74) is 5.72. The lowest BCUT2D eigenvalue weighted by Crippen LogP contribution is -2.24. The summed E-state index contributed by atoms with van der Waals surface area (Å²) < 4.78 is 0. The lowest BCUT2D eigenvalue weighted by Gasteiger charge is -2.06. The zero-order chi connectivity index (χ0) is 17.7. The Balaban J connectivity index is 3.05. The molecule has 2 nitrogen and oxygen atoms in total. The van der Waals surface area contributed by atoms with E-state index in [9.17, 15) is 0 Å². The van der Waals surface area contributed by atoms with Gasteiger partial charge in [0.15, 0.2) is 0 Å². The van der Waals surface area contributed by atoms with E-state index >= 15 is 0 Å². The minimum Gasteiger partial charge on any atom is -0.328 e. The van der Waals surface area contributed by atoms with Gasteiger partial charge in [-0.2, -0.15) is 0 Å². The normalized spacial score (nSPS) is 13.0. The zero-order valence-corrected chi connectivity index (χ0v) is 16.8. The van der Waals surface area contributed by atoms with Crippen LogP contribution in [0.25, 0.3) is 0 Å². The van der Waals surface area contributed by atoms with Gasteiger partial charge < -0.3 is 11.1 Å². The molecule has 0 aromatic rings. The van der Waals surface area contributed by atoms with Gasteiger partial charge in [0.25, 0.3) is 0 Å². The van der Waals surface area contributed by atoms with Gasteiger partial charge in [0, 0.05) is 6.04 Å². The van der Waals surface area contributed by atoms with Gasteiger partial charge in [0.05, 0.1) is 0 Å². The Morgan fingerprint density at radius 3 is 1.75 bits per heavy atom. The van der Waals surface area contributed by atoms with Gasteiger partial charge in [0.1, 0.15) is 0 Å². The Kier molecular flexibility index (Phi) is 20.4. The van der Waals surface area contributed by atoms with Crippen molar-refractivity contribution in [1.29, 1.82) is 0 Å². The van der Waals surface area contributed by atoms with Crippen LogP contribution in [0.15, 0.2) is 12.2 Å². The number of allylic oxidation sites excluding steroid dienone is 2. The highest BCUT2D eigenvalue weighted by Gasteiger charge is 1.94. The highest BCUT2D eigenvalue weighted by atomic mass is 14.8. The van der Waals surface area contributed by atoms with Crippen LogP contribution in [0.4, 0.5) is 0 Å². The van der Waals surface area contributed by atoms with Crippen LogP contribution in [0.1, 0.15) is 110 Å². The summed E-state index contributed by atoms with van der Waals surface area (Å²) in [7, 11) is 0. The Morgan fingerprint density at radius 1 is 0.708 bits per heavy atom. The Hall–Kier alpha value is -0.340. The van der Waals surface area contributed by atoms with E-state index in [-0.39, 0.29) is 0 Å². The van der Waals surface area contributed by atoms with E-state index in [1.165, 1.54) is 89.9 Å². The first kappa shape index (κ1) is 23.7. The second-order valence-corrected chi connectivity index (χ2v) is 7.45. The summed E-state index contributed by atoms with van der Waals surface area (Å²) in [5.74, 6) is 0. The van der Waals surface area contributed by atoms with E-state index in [2.05, 4.69) is 31.3 Å². The minimum absolute atomic E-state index is 0.331. The van der Waals surface area contributed by atoms with Crippen molar-refractivity contribution in [1.82, 2.24) is 5.32 Å². The van der Waals surface area contributed by atoms with E-state index in [0.717, 1.165) is 19.5 Å². The molecule has 0 heterocycles. The maximum absolute atomic E-state index is 5.72. The molecule has 0 aromatic carbocycles. The number of nitrogens with one attached hydrogen (secondary N) is 1. The maximum atomic E-state index is 5.72. The van der Waals surface area contributed by atoms with Crippen molar-refractivity contribution in [2.24, 2.45) is 5.73 Å². The zero-order valence-electron chi connectivity index (χ0n) is 16.8. The molecule has 0 amide bonds. The molecular formula is C22H46N2. The van der Waals surface area contributed by atoms with Crippen molar-refractivity contribution in [3.63, 3.8) is 0 Å². The van der Waals surface area contributed by atoms with Gasteiger partial charge in [-0.15, -0.1) is 0 Å². The highest BCUT2D eigenvalue weighted by molar-refractivity contribution is 4.81. The second kappa shape index (κ2) is 20.7. The molecule has 0 aromatic heterocycles. The SMILES string of the molecule is CCCCCCCCC=CCCCCCCCCNCCC(C)N. The summed E-state index contributed by atoms with van der Waals surface area (Å²) in [6.45, 7) is 6.59. The average Bonchev–Trinajstić information content (AvgIpc) is 2.56. The third-order valence-corrected chi connectivity index (χ3v) is 4.64. The minimum atomic E-state index is 0.331. The van der Waals surface area contributed by atoms with Crippen LogP contribution >= 0.6 is 0 Å². The van der Waals surface area contributed by atoms with Crippen molar-refractivity contribution in [2.45, 2.75) is 116 Å². The predicted molar refractivity (Wildman–Crippen MR) is 111 cm³/mol. The van der Waals surface area contributed by atoms with Crippen molar-refractivity contribution in [3.05, 3.63) is 12.2 Å². The molecule has 0 saturated carbocycles. The van der Waals surface area contributed by atoms with Gasteiger partial charge in [0.2, 0.25) is 0 Å². The molecule has 0 aliphatic rings. The van der Waals surface area contributed by atoms with Crippen molar-refractivity contribution < 1.29 is 0 Å². The van der Waals surface area contributed by atoms with Gasteiger partial charge >= 0.3 is 0 Å². The predicted octanol–water partition coefficient (Wildman–Crippen LogP) is 6.35. The molecule has 0 radical (unpaired) electrons. The lowest BCUT2D eigenvalue weighted by atomic mass is 10.1. The molecule has 0 bridgehead atoms. The van der Waals surface area contributed by atoms with Gasteiger partial charge in [-0.1, -0.05) is 76.9 Å². The molecule has 3 N–H and O–H groups in total. The first-order valence-corrected chi connectivity index (χ1v) is 10.9. The van der Waals surface area contributed by atoms with E-state index in [4.69, 9.17) is 5.73 Å². The van der Waals surface area contributed by atoms with Crippen molar-refractivity contribution >= 4 is 0 Å². The molecule has 0 fully saturated rings. The molecule has 1 unspecified atom stereocenters. The first-order chi connectivity index (χ1) is 11.8. The molecule has 24 heavy (non-hydrogen) atoms. The van der Waals surface area contributed by atoms with Crippen LogP contribution in [0.5, 0.6) is 0 Å². The van der Waals surface area contributed by atoms with E-state index < -0.39 is 0 Å². The topological polar surface area (TPSA) is 38.0 Å². The smallest absolute Gasteiger partial charge is 0.00225 e. The highest BCUT2D eigenvalue weighted by Crippen LogP contribution is 2.09. The standard InChI is InChI=1S/C22H46N2/c1-3-4-5-6-7-8-9-10-11-12-13-14-15-16-17-18-20-24-21-19-22(2)23/h10-11,22,24H,3-9,12-21,23H2,1-2H3. The van der Waals surface area contributed by atoms with Crippen molar-refractivity contribution in [3.8, 4) is 0 Å². The number of hydrogen-bond acceptors (Lipinski definition) is 2. The molecule has 0 saturated heterocycles. The number of unbranched alkanes of at least 4 members (excludes halogenated alkanes) is 12. The molecule has 2 heteroatoms. The van der Waals surface area contributed by atoms with Crippen LogP contribution in [0, 0.1) is 0 Å². The largest absolute Gasteiger partial charge is 0.328 e. The van der Waals surface area contributed by atoms with Crippen LogP contribution < -0.4 is 11.1 Å². The molecule has 144 valence electrons. The van der Waals surface area contributed by atoms with E-state index in [0.29, 0.717) is 6.04 Å². The number of rotatable bonds is 19. The lowest BCUT2D eigenvalue weighted by molar-refractivity contribution is 0.544. The third-order valence-electron chi connectivity index (χ3n) is 4.64. The summed E-state index contributed by atoms with van der Waals surface area (Å²) in [6.07, 6.45) is 25.2. The summed E-state index contributed by atoms with van der Waals surface area (Å²) >= 11 is 0. The van der Waals surface area contributed by atoms with Gasteiger partial charge in [-0.25, -0.2) is 0 Å². The fourth-order valence-corrected chi connectivity index (χ4v) is 2.95. The van der Waals surface area contributed by atoms with E-state index in [1.807, 2.05) is 0 Å². The summed E-state index contributed by atoms with van der Waals surface area (Å²) in [4.78, 5) is 0. The molecule has 0 spiro atoms.